The highest BCUT2D eigenvalue weighted by atomic mass is 19.1. The number of carbonyl (C=O) groups is 1. The van der Waals surface area contributed by atoms with Gasteiger partial charge in [-0.3, -0.25) is 4.79 Å². The van der Waals surface area contributed by atoms with Crippen molar-refractivity contribution < 1.29 is 14.3 Å². The average molecular weight is 332 g/mol. The van der Waals surface area contributed by atoms with Crippen LogP contribution in [-0.2, 0) is 0 Å². The zero-order valence-corrected chi connectivity index (χ0v) is 13.8. The Kier molecular flexibility index (Phi) is 4.36. The quantitative estimate of drug-likeness (QED) is 0.848. The summed E-state index contributed by atoms with van der Waals surface area (Å²) in [5, 5.41) is 16.4. The molecule has 1 aromatic heterocycles. The van der Waals surface area contributed by atoms with Crippen LogP contribution in [0.25, 0.3) is 5.69 Å². The molecule has 0 unspecified atom stereocenters. The van der Waals surface area contributed by atoms with Gasteiger partial charge in [-0.25, -0.2) is 14.1 Å². The molecule has 0 saturated heterocycles. The molecule has 1 amide bonds. The molecule has 0 bridgehead atoms. The van der Waals surface area contributed by atoms with E-state index in [4.69, 9.17) is 0 Å². The molecule has 1 aliphatic rings. The second-order valence-electron chi connectivity index (χ2n) is 6.68. The lowest BCUT2D eigenvalue weighted by Gasteiger charge is -2.11. The molecule has 6 nitrogen and oxygen atoms in total. The van der Waals surface area contributed by atoms with Crippen LogP contribution in [-0.4, -0.2) is 38.9 Å². The van der Waals surface area contributed by atoms with E-state index in [1.165, 1.54) is 16.8 Å². The predicted octanol–water partition coefficient (Wildman–Crippen LogP) is 2.03. The van der Waals surface area contributed by atoms with Crippen LogP contribution in [0.3, 0.4) is 0 Å². The van der Waals surface area contributed by atoms with Gasteiger partial charge in [-0.15, -0.1) is 5.10 Å². The van der Waals surface area contributed by atoms with E-state index < -0.39 is 0 Å². The Labute approximate surface area is 139 Å². The highest BCUT2D eigenvalue weighted by molar-refractivity contribution is 5.90. The number of rotatable bonds is 6. The summed E-state index contributed by atoms with van der Waals surface area (Å²) in [7, 11) is 0. The topological polar surface area (TPSA) is 80.0 Å². The van der Waals surface area contributed by atoms with Crippen molar-refractivity contribution in [1.29, 1.82) is 0 Å². The summed E-state index contributed by atoms with van der Waals surface area (Å²) >= 11 is 0. The number of halogens is 1. The Hall–Kier alpha value is -2.28. The summed E-state index contributed by atoms with van der Waals surface area (Å²) in [5.41, 5.74) is 0.348. The summed E-state index contributed by atoms with van der Waals surface area (Å²) in [6, 6.07) is 6.02. The summed E-state index contributed by atoms with van der Waals surface area (Å²) in [5.74, 6) is -0.0885. The Morgan fingerprint density at radius 1 is 1.46 bits per heavy atom. The Bertz CT molecular complexity index is 753. The molecule has 7 heteroatoms. The molecular weight excluding hydrogens is 311 g/mol. The zero-order valence-electron chi connectivity index (χ0n) is 13.8. The van der Waals surface area contributed by atoms with Crippen molar-refractivity contribution in [3.05, 3.63) is 41.7 Å². The SMILES string of the molecule is CC(C)c1nc(C(=O)NCC2(CO)CC2)nn1-c1cccc(F)c1. The van der Waals surface area contributed by atoms with Crippen molar-refractivity contribution in [3.8, 4) is 5.69 Å². The Balaban J connectivity index is 1.84. The standard InChI is InChI=1S/C17H21FN4O2/c1-11(2)15-20-14(16(24)19-9-17(10-23)6-7-17)21-22(15)13-5-3-4-12(18)8-13/h3-5,8,11,23H,6-7,9-10H2,1-2H3,(H,19,24). The lowest BCUT2D eigenvalue weighted by molar-refractivity contribution is 0.0925. The second kappa shape index (κ2) is 6.32. The molecule has 1 fully saturated rings. The highest BCUT2D eigenvalue weighted by Gasteiger charge is 2.42. The zero-order chi connectivity index (χ0) is 17.3. The van der Waals surface area contributed by atoms with Crippen LogP contribution in [0.5, 0.6) is 0 Å². The van der Waals surface area contributed by atoms with Crippen LogP contribution in [0.1, 0.15) is 49.1 Å². The lowest BCUT2D eigenvalue weighted by atomic mass is 10.1. The molecule has 2 N–H and O–H groups in total. The van der Waals surface area contributed by atoms with Gasteiger partial charge in [0, 0.05) is 17.9 Å². The van der Waals surface area contributed by atoms with E-state index in [1.54, 1.807) is 12.1 Å². The maximum Gasteiger partial charge on any atom is 0.291 e. The fraction of sp³-hybridized carbons (Fsp3) is 0.471. The maximum atomic E-state index is 13.5. The summed E-state index contributed by atoms with van der Waals surface area (Å²) in [6.45, 7) is 4.35. The number of nitrogens with one attached hydrogen (secondary N) is 1. The van der Waals surface area contributed by atoms with E-state index in [1.807, 2.05) is 13.8 Å². The van der Waals surface area contributed by atoms with Crippen molar-refractivity contribution in [2.24, 2.45) is 5.41 Å². The number of aliphatic hydroxyl groups excluding tert-OH is 1. The smallest absolute Gasteiger partial charge is 0.291 e. The number of hydrogen-bond donors (Lipinski definition) is 2. The predicted molar refractivity (Wildman–Crippen MR) is 86.5 cm³/mol. The molecule has 0 atom stereocenters. The van der Waals surface area contributed by atoms with Gasteiger partial charge in [0.15, 0.2) is 0 Å². The molecule has 1 aromatic carbocycles. The molecule has 1 saturated carbocycles. The molecule has 1 heterocycles. The number of amides is 1. The van der Waals surface area contributed by atoms with Gasteiger partial charge >= 0.3 is 0 Å². The monoisotopic (exact) mass is 332 g/mol. The van der Waals surface area contributed by atoms with E-state index in [0.29, 0.717) is 18.1 Å². The van der Waals surface area contributed by atoms with Crippen LogP contribution in [0.15, 0.2) is 24.3 Å². The minimum absolute atomic E-state index is 0.0227. The summed E-state index contributed by atoms with van der Waals surface area (Å²) < 4.78 is 15.0. The Morgan fingerprint density at radius 2 is 2.21 bits per heavy atom. The first-order valence-corrected chi connectivity index (χ1v) is 8.06. The maximum absolute atomic E-state index is 13.5. The molecule has 3 rings (SSSR count). The highest BCUT2D eigenvalue weighted by Crippen LogP contribution is 2.44. The van der Waals surface area contributed by atoms with Crippen LogP contribution in [0.4, 0.5) is 4.39 Å². The van der Waals surface area contributed by atoms with Gasteiger partial charge in [-0.2, -0.15) is 0 Å². The summed E-state index contributed by atoms with van der Waals surface area (Å²) in [4.78, 5) is 16.6. The van der Waals surface area contributed by atoms with Crippen LogP contribution >= 0.6 is 0 Å². The number of aromatic nitrogens is 3. The third-order valence-electron chi connectivity index (χ3n) is 4.32. The third-order valence-corrected chi connectivity index (χ3v) is 4.32. The summed E-state index contributed by atoms with van der Waals surface area (Å²) in [6.07, 6.45) is 1.82. The first kappa shape index (κ1) is 16.6. The molecule has 1 aliphatic carbocycles. The third kappa shape index (κ3) is 3.31. The van der Waals surface area contributed by atoms with Gasteiger partial charge in [-0.1, -0.05) is 19.9 Å². The fourth-order valence-electron chi connectivity index (χ4n) is 2.51. The lowest BCUT2D eigenvalue weighted by Crippen LogP contribution is -2.32. The molecule has 0 aliphatic heterocycles. The molecule has 128 valence electrons. The van der Waals surface area contributed by atoms with E-state index in [9.17, 15) is 14.3 Å². The van der Waals surface area contributed by atoms with Gasteiger partial charge in [0.05, 0.1) is 12.3 Å². The fourth-order valence-corrected chi connectivity index (χ4v) is 2.51. The molecule has 24 heavy (non-hydrogen) atoms. The number of benzene rings is 1. The van der Waals surface area contributed by atoms with E-state index in [2.05, 4.69) is 15.4 Å². The number of aliphatic hydroxyl groups is 1. The van der Waals surface area contributed by atoms with Crippen LogP contribution in [0.2, 0.25) is 0 Å². The van der Waals surface area contributed by atoms with Gasteiger partial charge in [0.1, 0.15) is 11.6 Å². The first-order valence-electron chi connectivity index (χ1n) is 8.06. The minimum atomic E-state index is -0.383. The van der Waals surface area contributed by atoms with E-state index in [-0.39, 0.29) is 35.5 Å². The van der Waals surface area contributed by atoms with E-state index >= 15 is 0 Å². The van der Waals surface area contributed by atoms with Crippen molar-refractivity contribution in [2.75, 3.05) is 13.2 Å². The molecule has 0 spiro atoms. The molecule has 0 radical (unpaired) electrons. The van der Waals surface area contributed by atoms with Crippen LogP contribution < -0.4 is 5.32 Å². The minimum Gasteiger partial charge on any atom is -0.396 e. The van der Waals surface area contributed by atoms with E-state index in [0.717, 1.165) is 12.8 Å². The van der Waals surface area contributed by atoms with Gasteiger partial charge in [0.2, 0.25) is 5.82 Å². The number of nitrogens with zero attached hydrogens (tertiary/aromatic N) is 3. The number of hydrogen-bond acceptors (Lipinski definition) is 4. The van der Waals surface area contributed by atoms with Gasteiger partial charge in [-0.05, 0) is 31.0 Å². The van der Waals surface area contributed by atoms with Crippen molar-refractivity contribution in [3.63, 3.8) is 0 Å². The largest absolute Gasteiger partial charge is 0.396 e. The average Bonchev–Trinajstić information content (AvgIpc) is 3.20. The van der Waals surface area contributed by atoms with Gasteiger partial charge in [0.25, 0.3) is 5.91 Å². The first-order chi connectivity index (χ1) is 11.4. The normalized spacial score (nSPS) is 15.5. The number of carbonyl (C=O) groups excluding carboxylic acids is 1. The molecule has 2 aromatic rings. The van der Waals surface area contributed by atoms with Gasteiger partial charge < -0.3 is 10.4 Å². The van der Waals surface area contributed by atoms with Crippen LogP contribution in [0, 0.1) is 11.2 Å². The van der Waals surface area contributed by atoms with Crippen molar-refractivity contribution >= 4 is 5.91 Å². The van der Waals surface area contributed by atoms with Crippen molar-refractivity contribution in [2.45, 2.75) is 32.6 Å². The molecular formula is C17H21FN4O2. The Morgan fingerprint density at radius 3 is 2.79 bits per heavy atom. The second-order valence-corrected chi connectivity index (χ2v) is 6.68. The van der Waals surface area contributed by atoms with Crippen molar-refractivity contribution in [1.82, 2.24) is 20.1 Å².